The first-order valence-corrected chi connectivity index (χ1v) is 7.48. The standard InChI is InChI=1S/C17H14N4O3/c22-15(18-8-11-4-3-7-24-11)10-21-14-6-2-1-5-12(14)13-9-19-20-17(23)16(13)21/h1-7,9H,8,10H2,(H,18,22)(H,20,23). The maximum atomic E-state index is 12.3. The van der Waals surface area contributed by atoms with E-state index in [2.05, 4.69) is 15.5 Å². The molecule has 4 rings (SSSR count). The van der Waals surface area contributed by atoms with Crippen molar-refractivity contribution in [3.63, 3.8) is 0 Å². The summed E-state index contributed by atoms with van der Waals surface area (Å²) in [6.07, 6.45) is 3.16. The normalized spacial score (nSPS) is 11.2. The molecule has 3 aromatic heterocycles. The second-order valence-electron chi connectivity index (χ2n) is 5.42. The molecule has 0 radical (unpaired) electrons. The smallest absolute Gasteiger partial charge is 0.288 e. The fraction of sp³-hybridized carbons (Fsp3) is 0.118. The van der Waals surface area contributed by atoms with Crippen molar-refractivity contribution < 1.29 is 9.21 Å². The van der Waals surface area contributed by atoms with Crippen LogP contribution in [0.2, 0.25) is 0 Å². The Morgan fingerprint density at radius 1 is 1.21 bits per heavy atom. The van der Waals surface area contributed by atoms with Gasteiger partial charge >= 0.3 is 0 Å². The number of rotatable bonds is 4. The fourth-order valence-electron chi connectivity index (χ4n) is 2.88. The van der Waals surface area contributed by atoms with Gasteiger partial charge in [0.2, 0.25) is 5.91 Å². The number of hydrogen-bond acceptors (Lipinski definition) is 4. The predicted molar refractivity (Wildman–Crippen MR) is 88.4 cm³/mol. The number of nitrogens with zero attached hydrogens (tertiary/aromatic N) is 2. The van der Waals surface area contributed by atoms with Crippen LogP contribution in [0.5, 0.6) is 0 Å². The molecular formula is C17H14N4O3. The average Bonchev–Trinajstić information content (AvgIpc) is 3.21. The van der Waals surface area contributed by atoms with Gasteiger partial charge in [0, 0.05) is 16.3 Å². The molecule has 0 atom stereocenters. The zero-order valence-electron chi connectivity index (χ0n) is 12.7. The minimum Gasteiger partial charge on any atom is -0.467 e. The van der Waals surface area contributed by atoms with Gasteiger partial charge in [-0.05, 0) is 18.2 Å². The Labute approximate surface area is 135 Å². The molecule has 1 aromatic carbocycles. The SMILES string of the molecule is O=C(Cn1c2ccccc2c2cn[nH]c(=O)c21)NCc1ccco1. The summed E-state index contributed by atoms with van der Waals surface area (Å²) in [5.74, 6) is 0.470. The molecule has 7 nitrogen and oxygen atoms in total. The van der Waals surface area contributed by atoms with Gasteiger partial charge < -0.3 is 14.3 Å². The van der Waals surface area contributed by atoms with Gasteiger partial charge in [-0.2, -0.15) is 5.10 Å². The van der Waals surface area contributed by atoms with E-state index >= 15 is 0 Å². The monoisotopic (exact) mass is 322 g/mol. The molecule has 0 saturated carbocycles. The van der Waals surface area contributed by atoms with E-state index < -0.39 is 0 Å². The summed E-state index contributed by atoms with van der Waals surface area (Å²) in [6, 6.07) is 11.1. The second-order valence-corrected chi connectivity index (χ2v) is 5.42. The van der Waals surface area contributed by atoms with E-state index in [0.717, 1.165) is 16.3 Å². The van der Waals surface area contributed by atoms with Gasteiger partial charge in [-0.1, -0.05) is 18.2 Å². The Kier molecular flexibility index (Phi) is 3.38. The van der Waals surface area contributed by atoms with Crippen LogP contribution in [0.15, 0.2) is 58.1 Å². The van der Waals surface area contributed by atoms with Crippen LogP contribution < -0.4 is 10.9 Å². The van der Waals surface area contributed by atoms with Crippen molar-refractivity contribution in [2.45, 2.75) is 13.1 Å². The van der Waals surface area contributed by atoms with E-state index in [1.54, 1.807) is 29.2 Å². The topological polar surface area (TPSA) is 92.9 Å². The molecule has 24 heavy (non-hydrogen) atoms. The molecule has 3 heterocycles. The first kappa shape index (κ1) is 14.3. The number of aromatic nitrogens is 3. The number of carbonyl (C=O) groups is 1. The van der Waals surface area contributed by atoms with Gasteiger partial charge in [-0.15, -0.1) is 0 Å². The van der Waals surface area contributed by atoms with Gasteiger partial charge in [0.05, 0.1) is 19.0 Å². The fourth-order valence-corrected chi connectivity index (χ4v) is 2.88. The number of carbonyl (C=O) groups excluding carboxylic acids is 1. The van der Waals surface area contributed by atoms with E-state index in [9.17, 15) is 9.59 Å². The number of fused-ring (bicyclic) bond motifs is 3. The largest absolute Gasteiger partial charge is 0.467 e. The first-order valence-electron chi connectivity index (χ1n) is 7.48. The van der Waals surface area contributed by atoms with Gasteiger partial charge in [0.15, 0.2) is 0 Å². The Morgan fingerprint density at radius 2 is 2.08 bits per heavy atom. The van der Waals surface area contributed by atoms with Crippen molar-refractivity contribution in [1.82, 2.24) is 20.1 Å². The van der Waals surface area contributed by atoms with Crippen LogP contribution in [0.4, 0.5) is 0 Å². The van der Waals surface area contributed by atoms with Crippen molar-refractivity contribution in [2.24, 2.45) is 0 Å². The van der Waals surface area contributed by atoms with Gasteiger partial charge in [-0.25, -0.2) is 5.10 Å². The van der Waals surface area contributed by atoms with Crippen LogP contribution in [0.3, 0.4) is 0 Å². The summed E-state index contributed by atoms with van der Waals surface area (Å²) in [4.78, 5) is 24.5. The van der Waals surface area contributed by atoms with Crippen LogP contribution in [0, 0.1) is 0 Å². The van der Waals surface area contributed by atoms with Crippen molar-refractivity contribution >= 4 is 27.7 Å². The average molecular weight is 322 g/mol. The van der Waals surface area contributed by atoms with E-state index in [1.807, 2.05) is 24.3 Å². The molecule has 0 saturated heterocycles. The number of benzene rings is 1. The molecule has 0 bridgehead atoms. The molecular weight excluding hydrogens is 308 g/mol. The molecule has 7 heteroatoms. The number of para-hydroxylation sites is 1. The molecule has 0 aliphatic rings. The van der Waals surface area contributed by atoms with Crippen LogP contribution in [0.25, 0.3) is 21.8 Å². The number of furan rings is 1. The highest BCUT2D eigenvalue weighted by Gasteiger charge is 2.15. The van der Waals surface area contributed by atoms with Crippen LogP contribution in [-0.2, 0) is 17.9 Å². The van der Waals surface area contributed by atoms with Crippen molar-refractivity contribution in [3.05, 3.63) is 65.0 Å². The summed E-state index contributed by atoms with van der Waals surface area (Å²) in [5.41, 5.74) is 0.945. The quantitative estimate of drug-likeness (QED) is 0.599. The molecule has 2 N–H and O–H groups in total. The van der Waals surface area contributed by atoms with Gasteiger partial charge in [0.25, 0.3) is 5.56 Å². The summed E-state index contributed by atoms with van der Waals surface area (Å²) in [6.45, 7) is 0.346. The predicted octanol–water partition coefficient (Wildman–Crippen LogP) is 1.79. The maximum absolute atomic E-state index is 12.3. The number of amides is 1. The lowest BCUT2D eigenvalue weighted by atomic mass is 10.2. The molecule has 0 fully saturated rings. The minimum absolute atomic E-state index is 0.0395. The highest BCUT2D eigenvalue weighted by atomic mass is 16.3. The summed E-state index contributed by atoms with van der Waals surface area (Å²) in [5, 5.41) is 10.7. The zero-order chi connectivity index (χ0) is 16.5. The number of nitrogens with one attached hydrogen (secondary N) is 2. The summed E-state index contributed by atoms with van der Waals surface area (Å²) in [7, 11) is 0. The van der Waals surface area contributed by atoms with Crippen molar-refractivity contribution in [1.29, 1.82) is 0 Å². The van der Waals surface area contributed by atoms with Gasteiger partial charge in [0.1, 0.15) is 17.8 Å². The molecule has 4 aromatic rings. The molecule has 1 amide bonds. The molecule has 120 valence electrons. The number of hydrogen-bond donors (Lipinski definition) is 2. The number of H-pyrrole nitrogens is 1. The second kappa shape index (κ2) is 5.69. The van der Waals surface area contributed by atoms with Crippen LogP contribution >= 0.6 is 0 Å². The maximum Gasteiger partial charge on any atom is 0.288 e. The highest BCUT2D eigenvalue weighted by molar-refractivity contribution is 6.07. The first-order chi connectivity index (χ1) is 11.7. The zero-order valence-corrected chi connectivity index (χ0v) is 12.7. The highest BCUT2D eigenvalue weighted by Crippen LogP contribution is 2.25. The Balaban J connectivity index is 1.72. The lowest BCUT2D eigenvalue weighted by Gasteiger charge is -2.07. The van der Waals surface area contributed by atoms with Crippen molar-refractivity contribution in [3.8, 4) is 0 Å². The third-order valence-corrected chi connectivity index (χ3v) is 3.93. The van der Waals surface area contributed by atoms with Gasteiger partial charge in [-0.3, -0.25) is 9.59 Å². The number of aromatic amines is 1. The van der Waals surface area contributed by atoms with Crippen molar-refractivity contribution in [2.75, 3.05) is 0 Å². The lowest BCUT2D eigenvalue weighted by Crippen LogP contribution is -2.27. The molecule has 0 spiro atoms. The Morgan fingerprint density at radius 3 is 2.92 bits per heavy atom. The molecule has 0 unspecified atom stereocenters. The minimum atomic E-state index is -0.317. The summed E-state index contributed by atoms with van der Waals surface area (Å²) < 4.78 is 6.90. The van der Waals surface area contributed by atoms with E-state index in [1.165, 1.54) is 0 Å². The third kappa shape index (κ3) is 2.36. The van der Waals surface area contributed by atoms with E-state index in [-0.39, 0.29) is 18.0 Å². The van der Waals surface area contributed by atoms with E-state index in [0.29, 0.717) is 17.8 Å². The summed E-state index contributed by atoms with van der Waals surface area (Å²) >= 11 is 0. The Bertz CT molecular complexity index is 1080. The van der Waals surface area contributed by atoms with E-state index in [4.69, 9.17) is 4.42 Å². The Hall–Kier alpha value is -3.35. The van der Waals surface area contributed by atoms with Crippen LogP contribution in [0.1, 0.15) is 5.76 Å². The molecule has 0 aliphatic carbocycles. The van der Waals surface area contributed by atoms with Crippen LogP contribution in [-0.4, -0.2) is 20.7 Å². The molecule has 0 aliphatic heterocycles. The third-order valence-electron chi connectivity index (χ3n) is 3.93. The lowest BCUT2D eigenvalue weighted by molar-refractivity contribution is -0.121.